The van der Waals surface area contributed by atoms with Gasteiger partial charge in [-0.2, -0.15) is 10.4 Å². The van der Waals surface area contributed by atoms with Gasteiger partial charge in [-0.25, -0.2) is 14.2 Å². The minimum absolute atomic E-state index is 0.0969. The second-order valence-corrected chi connectivity index (χ2v) is 11.2. The Labute approximate surface area is 214 Å². The van der Waals surface area contributed by atoms with Gasteiger partial charge >= 0.3 is 6.09 Å². The number of pyridine rings is 1. The van der Waals surface area contributed by atoms with Crippen molar-refractivity contribution in [1.29, 1.82) is 5.26 Å². The van der Waals surface area contributed by atoms with Gasteiger partial charge in [0.1, 0.15) is 16.1 Å². The third kappa shape index (κ3) is 4.58. The Morgan fingerprint density at radius 1 is 1.44 bits per heavy atom. The van der Waals surface area contributed by atoms with E-state index in [-0.39, 0.29) is 33.5 Å². The Hall–Kier alpha value is -2.09. The molecule has 1 amide bonds. The number of nitriles is 1. The molecule has 2 aromatic heterocycles. The lowest BCUT2D eigenvalue weighted by Gasteiger charge is -2.39. The van der Waals surface area contributed by atoms with Crippen LogP contribution in [-0.2, 0) is 4.74 Å². The van der Waals surface area contributed by atoms with E-state index in [9.17, 15) is 10.1 Å². The molecule has 7 nitrogen and oxygen atoms in total. The van der Waals surface area contributed by atoms with Gasteiger partial charge in [0, 0.05) is 11.9 Å². The number of thioether (sulfide) groups is 1. The van der Waals surface area contributed by atoms with Crippen LogP contribution in [0.4, 0.5) is 9.18 Å². The van der Waals surface area contributed by atoms with E-state index in [0.29, 0.717) is 29.8 Å². The van der Waals surface area contributed by atoms with Gasteiger partial charge in [-0.05, 0) is 61.9 Å². The number of halogens is 3. The van der Waals surface area contributed by atoms with Crippen LogP contribution in [0.3, 0.4) is 0 Å². The maximum absolute atomic E-state index is 15.1. The predicted octanol–water partition coefficient (Wildman–Crippen LogP) is 6.72. The molecule has 1 fully saturated rings. The molecule has 0 saturated carbocycles. The molecular weight excluding hydrogens is 545 g/mol. The first kappa shape index (κ1) is 25.0. The number of carbonyl (C=O) groups excluding carboxylic acids is 1. The summed E-state index contributed by atoms with van der Waals surface area (Å²) in [6.07, 6.45) is 4.52. The van der Waals surface area contributed by atoms with Crippen LogP contribution >= 0.6 is 39.3 Å². The molecule has 3 heterocycles. The average molecular weight is 569 g/mol. The highest BCUT2D eigenvalue weighted by molar-refractivity contribution is 9.10. The van der Waals surface area contributed by atoms with Crippen LogP contribution in [0, 0.1) is 17.1 Å². The van der Waals surface area contributed by atoms with E-state index < -0.39 is 17.5 Å². The normalized spacial score (nSPS) is 18.9. The zero-order valence-electron chi connectivity index (χ0n) is 19.2. The minimum atomic E-state index is -0.624. The van der Waals surface area contributed by atoms with Gasteiger partial charge in [0.25, 0.3) is 0 Å². The van der Waals surface area contributed by atoms with Crippen LogP contribution in [-0.4, -0.2) is 50.2 Å². The molecular formula is C23H24BrClFN5O2S. The van der Waals surface area contributed by atoms with Crippen LogP contribution < -0.4 is 0 Å². The fourth-order valence-electron chi connectivity index (χ4n) is 4.37. The molecule has 0 unspecified atom stereocenters. The average Bonchev–Trinajstić information content (AvgIpc) is 3.22. The molecule has 1 aliphatic heterocycles. The zero-order chi connectivity index (χ0) is 24.8. The number of piperidine rings is 1. The highest BCUT2D eigenvalue weighted by atomic mass is 79.9. The smallest absolute Gasteiger partial charge is 0.410 e. The lowest BCUT2D eigenvalue weighted by molar-refractivity contribution is 0.00565. The quantitative estimate of drug-likeness (QED) is 0.258. The van der Waals surface area contributed by atoms with Crippen molar-refractivity contribution in [2.24, 2.45) is 0 Å². The maximum Gasteiger partial charge on any atom is 0.410 e. The first-order chi connectivity index (χ1) is 16.1. The maximum atomic E-state index is 15.1. The van der Waals surface area contributed by atoms with Crippen LogP contribution in [0.15, 0.2) is 21.8 Å². The molecule has 180 valence electrons. The number of hydrogen-bond donors (Lipinski definition) is 0. The molecule has 4 rings (SSSR count). The van der Waals surface area contributed by atoms with Gasteiger partial charge in [-0.1, -0.05) is 11.6 Å². The fraction of sp³-hybridized carbons (Fsp3) is 0.478. The van der Waals surface area contributed by atoms with Gasteiger partial charge in [0.2, 0.25) is 0 Å². The van der Waals surface area contributed by atoms with Crippen molar-refractivity contribution >= 4 is 67.2 Å². The second-order valence-electron chi connectivity index (χ2n) is 9.22. The van der Waals surface area contributed by atoms with Crippen molar-refractivity contribution in [2.45, 2.75) is 62.7 Å². The number of aromatic nitrogens is 3. The summed E-state index contributed by atoms with van der Waals surface area (Å²) in [6, 6.07) is 3.48. The summed E-state index contributed by atoms with van der Waals surface area (Å²) in [4.78, 5) is 18.9. The fourth-order valence-corrected chi connectivity index (χ4v) is 5.41. The lowest BCUT2D eigenvalue weighted by Crippen LogP contribution is -2.48. The molecule has 34 heavy (non-hydrogen) atoms. The number of hydrogen-bond acceptors (Lipinski definition) is 6. The molecule has 1 aliphatic rings. The summed E-state index contributed by atoms with van der Waals surface area (Å²) in [5.41, 5.74) is 0.338. The number of benzene rings is 1. The molecule has 3 aromatic rings. The molecule has 1 saturated heterocycles. The Morgan fingerprint density at radius 2 is 2.18 bits per heavy atom. The summed E-state index contributed by atoms with van der Waals surface area (Å²) in [6.45, 7) is 5.88. The summed E-state index contributed by atoms with van der Waals surface area (Å²) in [5.74, 6) is -0.519. The van der Waals surface area contributed by atoms with Gasteiger partial charge in [-0.3, -0.25) is 4.68 Å². The topological polar surface area (TPSA) is 84.0 Å². The Balaban J connectivity index is 1.79. The standard InChI is InChI=1S/C23H24BrClFN5O2S/c1-23(2,3)33-22(32)30-8-6-13(9-12(30)5-7-27)31-20-14-10-16(25)17(24)18(26)19(14)29-21(34-4)15(20)11-28-31/h10-13H,5-6,8-9H2,1-4H3/t12-,13+/m1/s1. The van der Waals surface area contributed by atoms with Crippen molar-refractivity contribution in [3.63, 3.8) is 0 Å². The largest absolute Gasteiger partial charge is 0.444 e. The van der Waals surface area contributed by atoms with Crippen LogP contribution in [0.2, 0.25) is 5.02 Å². The molecule has 0 spiro atoms. The molecule has 0 radical (unpaired) electrons. The van der Waals surface area contributed by atoms with Gasteiger partial charge in [-0.15, -0.1) is 11.8 Å². The monoisotopic (exact) mass is 567 g/mol. The molecule has 0 N–H and O–H groups in total. The number of rotatable bonds is 3. The lowest BCUT2D eigenvalue weighted by atomic mass is 9.95. The molecule has 0 bridgehead atoms. The number of likely N-dealkylation sites (tertiary alicyclic amines) is 1. The van der Waals surface area contributed by atoms with E-state index in [1.54, 1.807) is 17.2 Å². The molecule has 2 atom stereocenters. The van der Waals surface area contributed by atoms with E-state index in [4.69, 9.17) is 16.3 Å². The third-order valence-corrected chi connectivity index (χ3v) is 7.81. The predicted molar refractivity (Wildman–Crippen MR) is 135 cm³/mol. The molecule has 0 aliphatic carbocycles. The SMILES string of the molecule is CSc1nc2c(F)c(Br)c(Cl)cc2c2c1cnn2[C@H]1CCN(C(=O)OC(C)(C)C)[C@H](CC#N)C1. The van der Waals surface area contributed by atoms with Crippen LogP contribution in [0.25, 0.3) is 21.8 Å². The van der Waals surface area contributed by atoms with Crippen molar-refractivity contribution in [2.75, 3.05) is 12.8 Å². The van der Waals surface area contributed by atoms with Crippen LogP contribution in [0.1, 0.15) is 46.1 Å². The number of nitrogens with zero attached hydrogens (tertiary/aromatic N) is 5. The number of amides is 1. The highest BCUT2D eigenvalue weighted by Gasteiger charge is 2.36. The Morgan fingerprint density at radius 3 is 2.82 bits per heavy atom. The number of carbonyl (C=O) groups is 1. The van der Waals surface area contributed by atoms with Gasteiger partial charge < -0.3 is 9.64 Å². The van der Waals surface area contributed by atoms with E-state index in [1.807, 2.05) is 31.7 Å². The summed E-state index contributed by atoms with van der Waals surface area (Å²) >= 11 is 10.9. The number of fused-ring (bicyclic) bond motifs is 3. The van der Waals surface area contributed by atoms with Gasteiger partial charge in [0.05, 0.1) is 51.2 Å². The van der Waals surface area contributed by atoms with Crippen LogP contribution in [0.5, 0.6) is 0 Å². The van der Waals surface area contributed by atoms with E-state index >= 15 is 4.39 Å². The first-order valence-corrected chi connectivity index (χ1v) is 13.2. The molecule has 1 aromatic carbocycles. The minimum Gasteiger partial charge on any atom is -0.444 e. The summed E-state index contributed by atoms with van der Waals surface area (Å²) < 4.78 is 22.7. The number of ether oxygens (including phenoxy) is 1. The van der Waals surface area contributed by atoms with Crippen molar-refractivity contribution in [3.8, 4) is 6.07 Å². The summed E-state index contributed by atoms with van der Waals surface area (Å²) in [7, 11) is 0. The van der Waals surface area contributed by atoms with E-state index in [0.717, 1.165) is 10.9 Å². The third-order valence-electron chi connectivity index (χ3n) is 5.81. The summed E-state index contributed by atoms with van der Waals surface area (Å²) in [5, 5.41) is 16.4. The van der Waals surface area contributed by atoms with E-state index in [2.05, 4.69) is 32.1 Å². The van der Waals surface area contributed by atoms with Crippen molar-refractivity contribution in [1.82, 2.24) is 19.7 Å². The van der Waals surface area contributed by atoms with E-state index in [1.165, 1.54) is 11.8 Å². The Kier molecular flexibility index (Phi) is 7.00. The van der Waals surface area contributed by atoms with Crippen molar-refractivity contribution in [3.05, 3.63) is 27.6 Å². The zero-order valence-corrected chi connectivity index (χ0v) is 22.4. The second kappa shape index (κ2) is 9.51. The molecule has 11 heteroatoms. The highest BCUT2D eigenvalue weighted by Crippen LogP contribution is 2.40. The van der Waals surface area contributed by atoms with Crippen molar-refractivity contribution < 1.29 is 13.9 Å². The Bertz CT molecular complexity index is 1320. The first-order valence-electron chi connectivity index (χ1n) is 10.8. The van der Waals surface area contributed by atoms with Gasteiger partial charge in [0.15, 0.2) is 5.82 Å².